The second kappa shape index (κ2) is 16.7. The molecule has 4 N–H and O–H groups in total. The molecule has 2 saturated heterocycles. The molecule has 14 nitrogen and oxygen atoms in total. The van der Waals surface area contributed by atoms with Crippen molar-refractivity contribution in [2.45, 2.75) is 58.3 Å². The lowest BCUT2D eigenvalue weighted by molar-refractivity contribution is -0.135. The van der Waals surface area contributed by atoms with E-state index in [0.717, 1.165) is 70.3 Å². The number of aliphatic hydroxyl groups excluding tert-OH is 1. The molecule has 2 aliphatic heterocycles. The molecule has 15 heteroatoms. The summed E-state index contributed by atoms with van der Waals surface area (Å²) in [5.41, 5.74) is 8.63. The van der Waals surface area contributed by atoms with Crippen molar-refractivity contribution in [2.75, 3.05) is 42.5 Å². The van der Waals surface area contributed by atoms with E-state index in [9.17, 15) is 19.8 Å². The average Bonchev–Trinajstić information content (AvgIpc) is 3.94. The molecule has 0 saturated carbocycles. The molecule has 8 rings (SSSR count). The highest BCUT2D eigenvalue weighted by atomic mass is 32.1. The van der Waals surface area contributed by atoms with Gasteiger partial charge in [-0.05, 0) is 61.2 Å². The first-order valence-electron chi connectivity index (χ1n) is 20.1. The third-order valence-corrected chi connectivity index (χ3v) is 12.4. The number of amides is 3. The predicted octanol–water partition coefficient (Wildman–Crippen LogP) is 6.21. The number of fused-ring (bicyclic) bond motifs is 1. The zero-order valence-electron chi connectivity index (χ0n) is 33.9. The van der Waals surface area contributed by atoms with E-state index in [2.05, 4.69) is 47.7 Å². The fraction of sp³-hybridized carbons (Fsp3) is 0.364. The number of piperazine rings is 1. The lowest BCUT2D eigenvalue weighted by Crippen LogP contribution is -2.52. The van der Waals surface area contributed by atoms with Gasteiger partial charge in [0.05, 0.1) is 51.0 Å². The standard InChI is InChI=1S/C44H50N10O4S/c1-26(2)41(43(57)54-24-33(55)22-39(54)47-44(58)46-27(3)29-10-12-30(13-11-29)42-28(4)45-25-59-42)37-23-40(51(5)50-37)53-18-16-52(17-19-53)32-15-14-31-20-36(49-48-35(31)21-32)34-8-6-7-9-38(34)56/h6-15,20-21,23,25-27,33,39,41,55-56H,16-19,22,24H2,1-5H3,(H2,46,47,58)/t27-,33+,39-,41+/m0/s1. The Morgan fingerprint density at radius 2 is 1.66 bits per heavy atom. The van der Waals surface area contributed by atoms with Crippen molar-refractivity contribution in [3.8, 4) is 27.4 Å². The first kappa shape index (κ1) is 39.8. The number of benzene rings is 3. The highest BCUT2D eigenvalue weighted by Crippen LogP contribution is 2.34. The molecule has 0 radical (unpaired) electrons. The summed E-state index contributed by atoms with van der Waals surface area (Å²) >= 11 is 1.60. The lowest BCUT2D eigenvalue weighted by Gasteiger charge is -2.37. The summed E-state index contributed by atoms with van der Waals surface area (Å²) in [5, 5.41) is 41.7. The van der Waals surface area contributed by atoms with Gasteiger partial charge in [0.15, 0.2) is 0 Å². The molecule has 0 unspecified atom stereocenters. The maximum absolute atomic E-state index is 14.4. The van der Waals surface area contributed by atoms with E-state index in [1.165, 1.54) is 0 Å². The highest BCUT2D eigenvalue weighted by Gasteiger charge is 2.41. The molecule has 306 valence electrons. The van der Waals surface area contributed by atoms with Gasteiger partial charge in [0.1, 0.15) is 17.7 Å². The van der Waals surface area contributed by atoms with Crippen LogP contribution in [0, 0.1) is 12.8 Å². The second-order valence-corrected chi connectivity index (χ2v) is 16.7. The van der Waals surface area contributed by atoms with E-state index in [1.54, 1.807) is 28.4 Å². The summed E-state index contributed by atoms with van der Waals surface area (Å²) in [5.74, 6) is 0.267. The third-order valence-electron chi connectivity index (χ3n) is 11.5. The van der Waals surface area contributed by atoms with Gasteiger partial charge in [-0.2, -0.15) is 5.10 Å². The average molecular weight is 815 g/mol. The zero-order chi connectivity index (χ0) is 41.4. The van der Waals surface area contributed by atoms with E-state index in [-0.39, 0.29) is 36.6 Å². The van der Waals surface area contributed by atoms with Crippen molar-refractivity contribution in [1.82, 2.24) is 40.5 Å². The molecule has 2 aliphatic rings. The number of nitrogens with one attached hydrogen (secondary N) is 2. The Morgan fingerprint density at radius 3 is 2.37 bits per heavy atom. The molecule has 0 spiro atoms. The van der Waals surface area contributed by atoms with Crippen LogP contribution in [-0.4, -0.2) is 97.0 Å². The molecule has 3 aromatic carbocycles. The smallest absolute Gasteiger partial charge is 0.316 e. The number of phenolic OH excluding ortho intramolecular Hbond substituents is 1. The number of phenols is 1. The van der Waals surface area contributed by atoms with E-state index < -0.39 is 24.2 Å². The van der Waals surface area contributed by atoms with Gasteiger partial charge in [-0.25, -0.2) is 9.78 Å². The Balaban J connectivity index is 0.899. The van der Waals surface area contributed by atoms with Crippen LogP contribution >= 0.6 is 11.3 Å². The number of anilines is 2. The van der Waals surface area contributed by atoms with Crippen molar-refractivity contribution in [2.24, 2.45) is 13.0 Å². The number of hydrogen-bond acceptors (Lipinski definition) is 11. The van der Waals surface area contributed by atoms with E-state index in [0.29, 0.717) is 17.0 Å². The number of carbonyl (C=O) groups is 2. The van der Waals surface area contributed by atoms with E-state index in [1.807, 2.05) is 99.5 Å². The normalized spacial score (nSPS) is 18.1. The number of aromatic hydroxyl groups is 1. The van der Waals surface area contributed by atoms with Crippen molar-refractivity contribution in [3.63, 3.8) is 0 Å². The first-order valence-corrected chi connectivity index (χ1v) is 21.0. The van der Waals surface area contributed by atoms with Gasteiger partial charge in [0.25, 0.3) is 0 Å². The highest BCUT2D eigenvalue weighted by molar-refractivity contribution is 7.13. The number of likely N-dealkylation sites (tertiary alicyclic amines) is 1. The molecule has 0 bridgehead atoms. The Kier molecular flexibility index (Phi) is 11.2. The van der Waals surface area contributed by atoms with Crippen LogP contribution in [-0.2, 0) is 11.8 Å². The largest absolute Gasteiger partial charge is 0.507 e. The second-order valence-electron chi connectivity index (χ2n) is 15.9. The SMILES string of the molecule is Cc1ncsc1-c1ccc([C@H](C)NC(=O)N[C@@H]2C[C@@H](O)CN2C(=O)[C@@H](c2cc(N3CCN(c4ccc5cc(-c6ccccc6O)nnc5c4)CC3)n(C)n2)C(C)C)cc1. The minimum absolute atomic E-state index is 0.0866. The van der Waals surface area contributed by atoms with Crippen LogP contribution in [0.25, 0.3) is 32.6 Å². The van der Waals surface area contributed by atoms with Crippen LogP contribution in [0.4, 0.5) is 16.3 Å². The number of hydrogen-bond donors (Lipinski definition) is 4. The quantitative estimate of drug-likeness (QED) is 0.125. The molecule has 2 fully saturated rings. The molecule has 5 heterocycles. The summed E-state index contributed by atoms with van der Waals surface area (Å²) < 4.78 is 1.84. The number of nitrogens with zero attached hydrogens (tertiary/aromatic N) is 8. The number of aryl methyl sites for hydroxylation is 2. The van der Waals surface area contributed by atoms with E-state index in [4.69, 9.17) is 5.10 Å². The van der Waals surface area contributed by atoms with Gasteiger partial charge >= 0.3 is 6.03 Å². The van der Waals surface area contributed by atoms with Crippen molar-refractivity contribution >= 4 is 45.7 Å². The van der Waals surface area contributed by atoms with Crippen molar-refractivity contribution < 1.29 is 19.8 Å². The Hall–Kier alpha value is -6.06. The fourth-order valence-electron chi connectivity index (χ4n) is 8.26. The van der Waals surface area contributed by atoms with Crippen LogP contribution in [0.5, 0.6) is 5.75 Å². The Morgan fingerprint density at radius 1 is 0.915 bits per heavy atom. The number of aliphatic hydroxyl groups is 1. The zero-order valence-corrected chi connectivity index (χ0v) is 34.7. The molecule has 59 heavy (non-hydrogen) atoms. The summed E-state index contributed by atoms with van der Waals surface area (Å²) in [4.78, 5) is 39.4. The molecule has 3 amide bonds. The molecule has 0 aliphatic carbocycles. The number of carbonyl (C=O) groups excluding carboxylic acids is 2. The first-order chi connectivity index (χ1) is 28.4. The summed E-state index contributed by atoms with van der Waals surface area (Å²) in [6, 6.07) is 24.6. The fourth-order valence-corrected chi connectivity index (χ4v) is 9.08. The molecular weight excluding hydrogens is 765 g/mol. The van der Waals surface area contributed by atoms with Gasteiger partial charge < -0.3 is 35.5 Å². The number of aromatic nitrogens is 5. The van der Waals surface area contributed by atoms with Crippen LogP contribution in [0.1, 0.15) is 56.1 Å². The number of para-hydroxylation sites is 1. The maximum Gasteiger partial charge on any atom is 0.316 e. The van der Waals surface area contributed by atoms with Gasteiger partial charge in [-0.15, -0.1) is 21.5 Å². The van der Waals surface area contributed by atoms with Crippen molar-refractivity contribution in [3.05, 3.63) is 101 Å². The third kappa shape index (κ3) is 8.30. The number of β-amino-alcohol motifs (C(OH)–C–C–N with tert-alkyl or cyclic N) is 1. The molecule has 3 aromatic heterocycles. The van der Waals surface area contributed by atoms with E-state index >= 15 is 0 Å². The summed E-state index contributed by atoms with van der Waals surface area (Å²) in [6.45, 7) is 11.1. The number of thiazole rings is 1. The minimum Gasteiger partial charge on any atom is -0.507 e. The van der Waals surface area contributed by atoms with Crippen molar-refractivity contribution in [1.29, 1.82) is 0 Å². The van der Waals surface area contributed by atoms with Gasteiger partial charge in [0, 0.05) is 68.9 Å². The Labute approximate surface area is 347 Å². The number of urea groups is 1. The molecular formula is C44H50N10O4S. The van der Waals surface area contributed by atoms with Crippen LogP contribution in [0.2, 0.25) is 0 Å². The topological polar surface area (TPSA) is 165 Å². The molecule has 6 aromatic rings. The number of rotatable bonds is 10. The van der Waals surface area contributed by atoms with Gasteiger partial charge in [0.2, 0.25) is 5.91 Å². The predicted molar refractivity (Wildman–Crippen MR) is 230 cm³/mol. The van der Waals surface area contributed by atoms with Crippen LogP contribution < -0.4 is 20.4 Å². The van der Waals surface area contributed by atoms with Crippen LogP contribution in [0.3, 0.4) is 0 Å². The van der Waals surface area contributed by atoms with Gasteiger partial charge in [-0.1, -0.05) is 56.3 Å². The molecule has 4 atom stereocenters. The monoisotopic (exact) mass is 814 g/mol. The summed E-state index contributed by atoms with van der Waals surface area (Å²) in [6.07, 6.45) is -1.19. The lowest BCUT2D eigenvalue weighted by atomic mass is 9.91. The minimum atomic E-state index is -0.760. The Bertz CT molecular complexity index is 2460. The van der Waals surface area contributed by atoms with Crippen LogP contribution in [0.15, 0.2) is 84.4 Å². The summed E-state index contributed by atoms with van der Waals surface area (Å²) in [7, 11) is 1.90. The maximum atomic E-state index is 14.4. The van der Waals surface area contributed by atoms with Gasteiger partial charge in [-0.3, -0.25) is 9.48 Å².